The van der Waals surface area contributed by atoms with E-state index in [-0.39, 0.29) is 17.5 Å². The summed E-state index contributed by atoms with van der Waals surface area (Å²) < 4.78 is 47.0. The fraction of sp³-hybridized carbons (Fsp3) is 0.737. The fourth-order valence-electron chi connectivity index (χ4n) is 3.64. The molecule has 0 saturated heterocycles. The molecule has 2 aliphatic rings. The molecule has 28 heavy (non-hydrogen) atoms. The summed E-state index contributed by atoms with van der Waals surface area (Å²) in [6, 6.07) is 0.263. The smallest absolute Gasteiger partial charge is 0.244 e. The number of sulfonamides is 1. The van der Waals surface area contributed by atoms with Crippen molar-refractivity contribution in [3.63, 3.8) is 0 Å². The van der Waals surface area contributed by atoms with Crippen molar-refractivity contribution in [1.82, 2.24) is 14.5 Å². The molecular weight excluding hydrogens is 382 g/mol. The molecule has 3 rings (SSSR count). The minimum Gasteiger partial charge on any atom is -0.352 e. The van der Waals surface area contributed by atoms with Gasteiger partial charge in [-0.05, 0) is 25.0 Å². The second-order valence-corrected chi connectivity index (χ2v) is 10.2. The summed E-state index contributed by atoms with van der Waals surface area (Å²) in [5.74, 6) is -1.20. The van der Waals surface area contributed by atoms with Crippen LogP contribution in [-0.4, -0.2) is 51.0 Å². The first-order valence-electron chi connectivity index (χ1n) is 9.65. The molecule has 2 unspecified atom stereocenters. The summed E-state index contributed by atoms with van der Waals surface area (Å²) >= 11 is 0. The molecule has 1 aliphatic carbocycles. The Hall–Kier alpha value is -1.26. The second-order valence-electron chi connectivity index (χ2n) is 8.43. The van der Waals surface area contributed by atoms with Crippen LogP contribution in [0.2, 0.25) is 0 Å². The molecule has 1 saturated carbocycles. The minimum absolute atomic E-state index is 0.0691. The molecule has 158 valence electrons. The molecule has 0 aromatic carbocycles. The molecule has 9 heteroatoms. The molecule has 0 amide bonds. The zero-order valence-corrected chi connectivity index (χ0v) is 18.1. The SMILES string of the molecule is COC1C=CC(CNS(=O)(=O)c2cn(C3CCCC3)nc2C(C)(C)C)(OC)O1. The van der Waals surface area contributed by atoms with E-state index in [0.717, 1.165) is 25.7 Å². The predicted octanol–water partition coefficient (Wildman–Crippen LogP) is 2.48. The molecule has 2 atom stereocenters. The number of hydrogen-bond acceptors (Lipinski definition) is 6. The lowest BCUT2D eigenvalue weighted by Crippen LogP contribution is -2.44. The summed E-state index contributed by atoms with van der Waals surface area (Å²) in [5.41, 5.74) is 0.161. The zero-order chi connectivity index (χ0) is 20.6. The maximum atomic E-state index is 13.2. The Kier molecular flexibility index (Phi) is 6.03. The van der Waals surface area contributed by atoms with E-state index >= 15 is 0 Å². The van der Waals surface area contributed by atoms with Crippen molar-refractivity contribution in [1.29, 1.82) is 0 Å². The van der Waals surface area contributed by atoms with Gasteiger partial charge >= 0.3 is 0 Å². The highest BCUT2D eigenvalue weighted by Gasteiger charge is 2.39. The molecule has 1 N–H and O–H groups in total. The topological polar surface area (TPSA) is 91.7 Å². The van der Waals surface area contributed by atoms with Gasteiger partial charge in [-0.2, -0.15) is 5.10 Å². The summed E-state index contributed by atoms with van der Waals surface area (Å²) in [6.07, 6.45) is 8.81. The quantitative estimate of drug-likeness (QED) is 0.691. The summed E-state index contributed by atoms with van der Waals surface area (Å²) in [4.78, 5) is 0.212. The summed E-state index contributed by atoms with van der Waals surface area (Å²) in [5, 5.41) is 4.67. The number of hydrogen-bond donors (Lipinski definition) is 1. The Morgan fingerprint density at radius 1 is 1.32 bits per heavy atom. The van der Waals surface area contributed by atoms with E-state index < -0.39 is 27.5 Å². The largest absolute Gasteiger partial charge is 0.352 e. The van der Waals surface area contributed by atoms with E-state index in [0.29, 0.717) is 5.69 Å². The number of aromatic nitrogens is 2. The Labute approximate surface area is 167 Å². The van der Waals surface area contributed by atoms with Gasteiger partial charge in [-0.15, -0.1) is 0 Å². The average Bonchev–Trinajstić information content (AvgIpc) is 3.38. The van der Waals surface area contributed by atoms with E-state index in [1.54, 1.807) is 18.3 Å². The maximum Gasteiger partial charge on any atom is 0.244 e. The van der Waals surface area contributed by atoms with E-state index in [1.807, 2.05) is 25.5 Å². The van der Waals surface area contributed by atoms with Gasteiger partial charge in [0.2, 0.25) is 15.8 Å². The Bertz CT molecular complexity index is 821. The molecular formula is C19H31N3O5S. The summed E-state index contributed by atoms with van der Waals surface area (Å²) in [7, 11) is -0.831. The van der Waals surface area contributed by atoms with E-state index in [1.165, 1.54) is 14.2 Å². The van der Waals surface area contributed by atoms with Gasteiger partial charge in [0.1, 0.15) is 4.90 Å². The number of ether oxygens (including phenoxy) is 3. The molecule has 0 spiro atoms. The molecule has 1 fully saturated rings. The maximum absolute atomic E-state index is 13.2. The van der Waals surface area contributed by atoms with Crippen LogP contribution in [0.4, 0.5) is 0 Å². The first-order chi connectivity index (χ1) is 13.1. The highest BCUT2D eigenvalue weighted by atomic mass is 32.2. The third kappa shape index (κ3) is 4.33. The normalized spacial score (nSPS) is 26.4. The Morgan fingerprint density at radius 3 is 2.54 bits per heavy atom. The summed E-state index contributed by atoms with van der Waals surface area (Å²) in [6.45, 7) is 5.84. The lowest BCUT2D eigenvalue weighted by Gasteiger charge is -2.27. The van der Waals surface area contributed by atoms with Crippen molar-refractivity contribution in [2.24, 2.45) is 0 Å². The molecule has 1 aliphatic heterocycles. The third-order valence-corrected chi connectivity index (χ3v) is 6.71. The number of rotatable bonds is 7. The van der Waals surface area contributed by atoms with Gasteiger partial charge in [0, 0.05) is 25.8 Å². The van der Waals surface area contributed by atoms with Crippen LogP contribution < -0.4 is 4.72 Å². The molecule has 2 heterocycles. The first-order valence-corrected chi connectivity index (χ1v) is 11.1. The lowest BCUT2D eigenvalue weighted by atomic mass is 9.92. The van der Waals surface area contributed by atoms with Crippen LogP contribution in [0.5, 0.6) is 0 Å². The highest BCUT2D eigenvalue weighted by Crippen LogP contribution is 2.34. The standard InChI is InChI=1S/C19H31N3O5S/c1-18(2,3)17-15(12-22(21-17)14-8-6-7-9-14)28(23,24)20-13-19(26-5)11-10-16(25-4)27-19/h10-12,14,16,20H,6-9,13H2,1-5H3. The van der Waals surface area contributed by atoms with Crippen molar-refractivity contribution in [3.8, 4) is 0 Å². The van der Waals surface area contributed by atoms with Crippen molar-refractivity contribution in [3.05, 3.63) is 24.0 Å². The van der Waals surface area contributed by atoms with Gasteiger partial charge in [-0.25, -0.2) is 13.1 Å². The number of methoxy groups -OCH3 is 2. The highest BCUT2D eigenvalue weighted by molar-refractivity contribution is 7.89. The Morgan fingerprint density at radius 2 is 2.00 bits per heavy atom. The van der Waals surface area contributed by atoms with E-state index in [2.05, 4.69) is 9.82 Å². The van der Waals surface area contributed by atoms with Gasteiger partial charge < -0.3 is 14.2 Å². The number of nitrogens with zero attached hydrogens (tertiary/aromatic N) is 2. The van der Waals surface area contributed by atoms with Crippen LogP contribution in [0, 0.1) is 0 Å². The monoisotopic (exact) mass is 413 g/mol. The van der Waals surface area contributed by atoms with Gasteiger partial charge in [0.25, 0.3) is 0 Å². The second kappa shape index (κ2) is 7.87. The average molecular weight is 414 g/mol. The zero-order valence-electron chi connectivity index (χ0n) is 17.3. The van der Waals surface area contributed by atoms with Crippen LogP contribution in [0.25, 0.3) is 0 Å². The Balaban J connectivity index is 1.85. The van der Waals surface area contributed by atoms with Crippen molar-refractivity contribution >= 4 is 10.0 Å². The van der Waals surface area contributed by atoms with E-state index in [4.69, 9.17) is 14.2 Å². The molecule has 0 bridgehead atoms. The van der Waals surface area contributed by atoms with Crippen LogP contribution in [0.1, 0.15) is 58.2 Å². The molecule has 1 aromatic rings. The predicted molar refractivity (Wildman–Crippen MR) is 104 cm³/mol. The van der Waals surface area contributed by atoms with Gasteiger partial charge in [-0.1, -0.05) is 33.6 Å². The van der Waals surface area contributed by atoms with Crippen LogP contribution in [0.15, 0.2) is 23.2 Å². The number of nitrogens with one attached hydrogen (secondary N) is 1. The third-order valence-electron chi connectivity index (χ3n) is 5.31. The lowest BCUT2D eigenvalue weighted by molar-refractivity contribution is -0.237. The minimum atomic E-state index is -3.81. The fourth-order valence-corrected chi connectivity index (χ4v) is 5.03. The molecule has 0 radical (unpaired) electrons. The van der Waals surface area contributed by atoms with E-state index in [9.17, 15) is 8.42 Å². The molecule has 8 nitrogen and oxygen atoms in total. The van der Waals surface area contributed by atoms with Crippen molar-refractivity contribution in [2.75, 3.05) is 20.8 Å². The van der Waals surface area contributed by atoms with Gasteiger partial charge in [0.05, 0.1) is 18.3 Å². The van der Waals surface area contributed by atoms with Crippen molar-refractivity contribution < 1.29 is 22.6 Å². The first kappa shape index (κ1) is 21.4. The van der Waals surface area contributed by atoms with Gasteiger partial charge in [-0.3, -0.25) is 4.68 Å². The van der Waals surface area contributed by atoms with Crippen molar-refractivity contribution in [2.45, 2.75) is 74.9 Å². The van der Waals surface area contributed by atoms with Gasteiger partial charge in [0.15, 0.2) is 6.29 Å². The van der Waals surface area contributed by atoms with Crippen LogP contribution in [0.3, 0.4) is 0 Å². The molecule has 1 aromatic heterocycles. The van der Waals surface area contributed by atoms with Crippen LogP contribution in [-0.2, 0) is 29.6 Å². The van der Waals surface area contributed by atoms with Crippen LogP contribution >= 0.6 is 0 Å².